The van der Waals surface area contributed by atoms with E-state index in [1.807, 2.05) is 6.07 Å². The van der Waals surface area contributed by atoms with Crippen molar-refractivity contribution in [3.05, 3.63) is 64.0 Å². The van der Waals surface area contributed by atoms with Gasteiger partial charge in [0.1, 0.15) is 20.9 Å². The summed E-state index contributed by atoms with van der Waals surface area (Å²) in [5, 5.41) is 9.07. The maximum Gasteiger partial charge on any atom is 0.519 e. The van der Waals surface area contributed by atoms with Crippen LogP contribution < -0.4 is 15.2 Å². The molecule has 2 aromatic carbocycles. The molecule has 3 rings (SSSR count). The van der Waals surface area contributed by atoms with Crippen molar-refractivity contribution in [1.82, 2.24) is 0 Å². The molecule has 0 unspecified atom stereocenters. The summed E-state index contributed by atoms with van der Waals surface area (Å²) in [5.41, 5.74) is 5.35. The van der Waals surface area contributed by atoms with E-state index in [1.165, 1.54) is 29.5 Å². The molecule has 1 heterocycles. The zero-order valence-corrected chi connectivity index (χ0v) is 16.5. The second kappa shape index (κ2) is 9.93. The summed E-state index contributed by atoms with van der Waals surface area (Å²) in [4.78, 5) is 24.0. The van der Waals surface area contributed by atoms with Crippen LogP contribution >= 0.6 is 32.9 Å². The molecular formula is C18H15NO5S3. The Labute approximate surface area is 167 Å². The molecule has 3 N–H and O–H groups in total. The molecule has 0 saturated heterocycles. The van der Waals surface area contributed by atoms with Crippen molar-refractivity contribution in [2.24, 2.45) is 5.73 Å². The van der Waals surface area contributed by atoms with Crippen LogP contribution in [0, 0.1) is 3.82 Å². The van der Waals surface area contributed by atoms with Crippen molar-refractivity contribution in [1.29, 1.82) is 0 Å². The third-order valence-corrected chi connectivity index (χ3v) is 6.02. The van der Waals surface area contributed by atoms with E-state index in [0.29, 0.717) is 5.75 Å². The van der Waals surface area contributed by atoms with E-state index in [1.54, 1.807) is 46.7 Å². The Kier molecular flexibility index (Phi) is 7.62. The van der Waals surface area contributed by atoms with Crippen LogP contribution in [0.25, 0.3) is 10.4 Å². The summed E-state index contributed by atoms with van der Waals surface area (Å²) in [7, 11) is 4.60. The molecule has 9 heteroatoms. The third kappa shape index (κ3) is 5.69. The molecule has 0 bridgehead atoms. The highest BCUT2D eigenvalue weighted by Gasteiger charge is 2.15. The van der Waals surface area contributed by atoms with Crippen LogP contribution in [0.4, 0.5) is 4.79 Å². The van der Waals surface area contributed by atoms with Crippen LogP contribution in [0.2, 0.25) is 0 Å². The highest BCUT2D eigenvalue weighted by atomic mass is 32.9. The van der Waals surface area contributed by atoms with Crippen LogP contribution in [0.5, 0.6) is 11.5 Å². The molecule has 6 nitrogen and oxygen atoms in total. The van der Waals surface area contributed by atoms with Gasteiger partial charge in [-0.3, -0.25) is 0 Å². The van der Waals surface area contributed by atoms with E-state index in [9.17, 15) is 9.59 Å². The predicted octanol–water partition coefficient (Wildman–Crippen LogP) is 5.06. The maximum atomic E-state index is 11.9. The minimum atomic E-state index is -1.19. The van der Waals surface area contributed by atoms with Gasteiger partial charge >= 0.3 is 12.1 Å². The Morgan fingerprint density at radius 1 is 1.00 bits per heavy atom. The Morgan fingerprint density at radius 2 is 1.67 bits per heavy atom. The Bertz CT molecular complexity index is 979. The van der Waals surface area contributed by atoms with Gasteiger partial charge in [-0.15, -0.1) is 0 Å². The molecule has 0 radical (unpaired) electrons. The first kappa shape index (κ1) is 20.7. The third-order valence-electron chi connectivity index (χ3n) is 3.11. The fraction of sp³-hybridized carbons (Fsp3) is 0.0556. The normalized spacial score (nSPS) is 9.70. The first-order chi connectivity index (χ1) is 13.0. The van der Waals surface area contributed by atoms with Gasteiger partial charge < -0.3 is 20.3 Å². The molecule has 0 saturated carbocycles. The molecule has 0 aliphatic carbocycles. The summed E-state index contributed by atoms with van der Waals surface area (Å²) in [6.45, 7) is 0. The average molecular weight is 422 g/mol. The second-order valence-electron chi connectivity index (χ2n) is 4.77. The molecule has 0 amide bonds. The molecule has 27 heavy (non-hydrogen) atoms. The van der Waals surface area contributed by atoms with Gasteiger partial charge in [0.05, 0.1) is 0 Å². The van der Waals surface area contributed by atoms with E-state index in [2.05, 4.69) is 5.73 Å². The van der Waals surface area contributed by atoms with Gasteiger partial charge in [0.2, 0.25) is 0 Å². The predicted molar refractivity (Wildman–Crippen MR) is 109 cm³/mol. The summed E-state index contributed by atoms with van der Waals surface area (Å²) in [6, 6.07) is 14.6. The minimum absolute atomic E-state index is 0.0744. The molecule has 0 fully saturated rings. The Balaban J connectivity index is 0.00000126. The number of carbonyl (C=O) groups is 2. The Morgan fingerprint density at radius 3 is 2.26 bits per heavy atom. The zero-order valence-electron chi connectivity index (χ0n) is 14.1. The number of carboxylic acid groups (broad SMARTS) is 1. The molecule has 0 aliphatic heterocycles. The number of nitrogens with two attached hydrogens (primary N) is 1. The number of carboxylic acids is 1. The van der Waals surface area contributed by atoms with E-state index >= 15 is 0 Å². The monoisotopic (exact) mass is 421 g/mol. The number of hydrogen-bond donors (Lipinski definition) is 2. The summed E-state index contributed by atoms with van der Waals surface area (Å²) < 4.78 is 10.9. The first-order valence-electron chi connectivity index (χ1n) is 7.53. The first-order valence-corrected chi connectivity index (χ1v) is 10.1. The van der Waals surface area contributed by atoms with Crippen molar-refractivity contribution in [2.45, 2.75) is 0 Å². The van der Waals surface area contributed by atoms with Gasteiger partial charge in [0.25, 0.3) is 0 Å². The molecule has 0 atom stereocenters. The number of para-hydroxylation sites is 1. The van der Waals surface area contributed by atoms with Crippen molar-refractivity contribution >= 4 is 45.0 Å². The largest absolute Gasteiger partial charge is 0.519 e. The molecule has 1 aromatic heterocycles. The average Bonchev–Trinajstić information content (AvgIpc) is 3.10. The van der Waals surface area contributed by atoms with E-state index in [4.69, 9.17) is 26.8 Å². The fourth-order valence-electron chi connectivity index (χ4n) is 2.00. The van der Waals surface area contributed by atoms with Gasteiger partial charge in [-0.25, -0.2) is 9.59 Å². The standard InChI is InChI=1S/C17H10O5S3.CH5N/c18-16(19)12-3-1-2-4-13(12)22-17(20)21-11-7-5-10(6-8-11)14-9-15(23)25-24-14;1-2/h1-9H,(H,18,19);2H2,1H3. The lowest BCUT2D eigenvalue weighted by Crippen LogP contribution is -2.15. The second-order valence-corrected chi connectivity index (χ2v) is 7.69. The van der Waals surface area contributed by atoms with Crippen LogP contribution in [0.1, 0.15) is 10.4 Å². The van der Waals surface area contributed by atoms with Crippen LogP contribution in [-0.4, -0.2) is 24.3 Å². The molecule has 3 aromatic rings. The van der Waals surface area contributed by atoms with Gasteiger partial charge in [-0.1, -0.05) is 45.0 Å². The van der Waals surface area contributed by atoms with Crippen LogP contribution in [0.15, 0.2) is 54.6 Å². The fourth-order valence-corrected chi connectivity index (χ4v) is 4.40. The van der Waals surface area contributed by atoms with Crippen molar-refractivity contribution in [3.63, 3.8) is 0 Å². The van der Waals surface area contributed by atoms with Crippen molar-refractivity contribution in [3.8, 4) is 21.9 Å². The smallest absolute Gasteiger partial charge is 0.478 e. The summed E-state index contributed by atoms with van der Waals surface area (Å²) >= 11 is 5.11. The van der Waals surface area contributed by atoms with E-state index in [-0.39, 0.29) is 11.3 Å². The highest BCUT2D eigenvalue weighted by Crippen LogP contribution is 2.30. The zero-order chi connectivity index (χ0) is 19.8. The number of hydrogen-bond acceptors (Lipinski definition) is 8. The van der Waals surface area contributed by atoms with Crippen molar-refractivity contribution in [2.75, 3.05) is 7.05 Å². The minimum Gasteiger partial charge on any atom is -0.478 e. The summed E-state index contributed by atoms with van der Waals surface area (Å²) in [5.74, 6) is -0.971. The van der Waals surface area contributed by atoms with E-state index in [0.717, 1.165) is 14.3 Å². The van der Waals surface area contributed by atoms with Crippen LogP contribution in [0.3, 0.4) is 0 Å². The lowest BCUT2D eigenvalue weighted by atomic mass is 10.2. The molecular weight excluding hydrogens is 406 g/mol. The molecule has 0 spiro atoms. The SMILES string of the molecule is CN.O=C(Oc1ccc(-c2cc(=S)ss2)cc1)Oc1ccccc1C(=O)O. The number of benzene rings is 2. The summed E-state index contributed by atoms with van der Waals surface area (Å²) in [6.07, 6.45) is -1.01. The highest BCUT2D eigenvalue weighted by molar-refractivity contribution is 7.80. The van der Waals surface area contributed by atoms with Crippen LogP contribution in [-0.2, 0) is 0 Å². The maximum absolute atomic E-state index is 11.9. The van der Waals surface area contributed by atoms with Crippen molar-refractivity contribution < 1.29 is 24.2 Å². The topological polar surface area (TPSA) is 98.9 Å². The molecule has 140 valence electrons. The number of ether oxygens (including phenoxy) is 2. The number of carbonyl (C=O) groups excluding carboxylic acids is 1. The van der Waals surface area contributed by atoms with Gasteiger partial charge in [0.15, 0.2) is 0 Å². The van der Waals surface area contributed by atoms with Gasteiger partial charge in [-0.05, 0) is 55.1 Å². The van der Waals surface area contributed by atoms with Gasteiger partial charge in [-0.2, -0.15) is 0 Å². The Hall–Kier alpha value is -2.59. The molecule has 0 aliphatic rings. The lowest BCUT2D eigenvalue weighted by molar-refractivity contribution is 0.0693. The lowest BCUT2D eigenvalue weighted by Gasteiger charge is -2.08. The number of rotatable bonds is 4. The number of aromatic carboxylic acids is 1. The van der Waals surface area contributed by atoms with Gasteiger partial charge in [0, 0.05) is 4.88 Å². The quantitative estimate of drug-likeness (QED) is 0.263. The van der Waals surface area contributed by atoms with E-state index < -0.39 is 12.1 Å².